The van der Waals surface area contributed by atoms with Crippen molar-refractivity contribution >= 4 is 56.3 Å². The molecule has 8 heteroatoms. The van der Waals surface area contributed by atoms with Crippen LogP contribution in [0.5, 0.6) is 0 Å². The second kappa shape index (κ2) is 5.69. The molecule has 0 unspecified atom stereocenters. The average molecular weight is 351 g/mol. The van der Waals surface area contributed by atoms with Crippen LogP contribution in [0.15, 0.2) is 50.8 Å². The predicted molar refractivity (Wildman–Crippen MR) is 79.2 cm³/mol. The van der Waals surface area contributed by atoms with Crippen LogP contribution in [0.2, 0.25) is 10.0 Å². The van der Waals surface area contributed by atoms with Gasteiger partial charge in [0.15, 0.2) is 5.78 Å². The zero-order valence-electron chi connectivity index (χ0n) is 9.68. The fourth-order valence-corrected chi connectivity index (χ4v) is 3.31. The summed E-state index contributed by atoms with van der Waals surface area (Å²) < 4.78 is 27.9. The smallest absolute Gasteiger partial charge is 0.284 e. The van der Waals surface area contributed by atoms with Gasteiger partial charge in [0.2, 0.25) is 0 Å². The number of sulfonamides is 1. The van der Waals surface area contributed by atoms with E-state index in [1.54, 1.807) is 0 Å². The molecule has 0 aliphatic heterocycles. The van der Waals surface area contributed by atoms with E-state index in [4.69, 9.17) is 34.8 Å². The molecule has 0 radical (unpaired) electrons. The SMILES string of the molecule is O=C1C=C/C(=N\S(=O)(=O)c2cc(Cl)ccc2Cl)C=C1Cl. The lowest BCUT2D eigenvalue weighted by Gasteiger charge is -2.05. The Hall–Kier alpha value is -1.14. The molecule has 0 saturated heterocycles. The van der Waals surface area contributed by atoms with Gasteiger partial charge < -0.3 is 0 Å². The third-order valence-electron chi connectivity index (χ3n) is 2.31. The Morgan fingerprint density at radius 3 is 2.40 bits per heavy atom. The van der Waals surface area contributed by atoms with Gasteiger partial charge in [-0.25, -0.2) is 0 Å². The first kappa shape index (κ1) is 15.3. The van der Waals surface area contributed by atoms with Gasteiger partial charge >= 0.3 is 0 Å². The maximum Gasteiger partial charge on any atom is 0.284 e. The van der Waals surface area contributed by atoms with Crippen LogP contribution >= 0.6 is 34.8 Å². The summed E-state index contributed by atoms with van der Waals surface area (Å²) in [6.07, 6.45) is 3.56. The van der Waals surface area contributed by atoms with E-state index in [2.05, 4.69) is 4.40 Å². The summed E-state index contributed by atoms with van der Waals surface area (Å²) >= 11 is 17.2. The molecule has 0 N–H and O–H groups in total. The maximum absolute atomic E-state index is 12.1. The first-order valence-electron chi connectivity index (χ1n) is 5.19. The van der Waals surface area contributed by atoms with Crippen molar-refractivity contribution in [3.8, 4) is 0 Å². The summed E-state index contributed by atoms with van der Waals surface area (Å²) in [6.45, 7) is 0. The number of carbonyl (C=O) groups is 1. The van der Waals surface area contributed by atoms with Crippen LogP contribution in [-0.2, 0) is 14.8 Å². The number of hydrogen-bond acceptors (Lipinski definition) is 3. The summed E-state index contributed by atoms with van der Waals surface area (Å²) in [7, 11) is -4.05. The number of ketones is 1. The summed E-state index contributed by atoms with van der Waals surface area (Å²) in [5.74, 6) is -0.413. The van der Waals surface area contributed by atoms with Crippen molar-refractivity contribution < 1.29 is 13.2 Å². The molecule has 1 aromatic carbocycles. The molecule has 104 valence electrons. The first-order valence-corrected chi connectivity index (χ1v) is 7.76. The molecule has 20 heavy (non-hydrogen) atoms. The lowest BCUT2D eigenvalue weighted by molar-refractivity contribution is -0.110. The zero-order chi connectivity index (χ0) is 14.9. The molecule has 0 heterocycles. The Morgan fingerprint density at radius 2 is 1.75 bits per heavy atom. The van der Waals surface area contributed by atoms with Crippen molar-refractivity contribution in [2.75, 3.05) is 0 Å². The van der Waals surface area contributed by atoms with Gasteiger partial charge in [0.05, 0.1) is 15.8 Å². The summed E-state index contributed by atoms with van der Waals surface area (Å²) in [5.41, 5.74) is 0.0330. The fourth-order valence-electron chi connectivity index (χ4n) is 1.41. The van der Waals surface area contributed by atoms with Crippen LogP contribution < -0.4 is 0 Å². The highest BCUT2D eigenvalue weighted by molar-refractivity contribution is 7.90. The van der Waals surface area contributed by atoms with Crippen molar-refractivity contribution in [3.05, 3.63) is 51.5 Å². The van der Waals surface area contributed by atoms with Gasteiger partial charge in [-0.1, -0.05) is 34.8 Å². The van der Waals surface area contributed by atoms with Gasteiger partial charge in [-0.05, 0) is 36.4 Å². The van der Waals surface area contributed by atoms with E-state index in [9.17, 15) is 13.2 Å². The van der Waals surface area contributed by atoms with E-state index in [1.807, 2.05) is 0 Å². The highest BCUT2D eigenvalue weighted by atomic mass is 35.5. The standard InChI is InChI=1S/C12H6Cl3NO3S/c13-7-1-3-9(14)12(5-7)20(18,19)16-8-2-4-11(17)10(15)6-8/h1-6H/b16-8+. The number of hydrogen-bond donors (Lipinski definition) is 0. The number of carbonyl (C=O) groups excluding carboxylic acids is 1. The minimum atomic E-state index is -4.05. The van der Waals surface area contributed by atoms with E-state index in [1.165, 1.54) is 30.4 Å². The van der Waals surface area contributed by atoms with Crippen molar-refractivity contribution in [1.82, 2.24) is 0 Å². The van der Waals surface area contributed by atoms with Gasteiger partial charge in [-0.15, -0.1) is 0 Å². The highest BCUT2D eigenvalue weighted by Gasteiger charge is 2.19. The van der Waals surface area contributed by atoms with Crippen molar-refractivity contribution in [2.45, 2.75) is 4.90 Å². The molecule has 0 aromatic heterocycles. The third kappa shape index (κ3) is 3.30. The molecule has 0 spiro atoms. The quantitative estimate of drug-likeness (QED) is 0.768. The molecule has 1 aliphatic rings. The van der Waals surface area contributed by atoms with Crippen molar-refractivity contribution in [1.29, 1.82) is 0 Å². The van der Waals surface area contributed by atoms with Crippen LogP contribution in [0.4, 0.5) is 0 Å². The summed E-state index contributed by atoms with van der Waals surface area (Å²) in [4.78, 5) is 10.9. The van der Waals surface area contributed by atoms with E-state index in [-0.39, 0.29) is 25.7 Å². The molecule has 2 rings (SSSR count). The average Bonchev–Trinajstić information content (AvgIpc) is 2.36. The van der Waals surface area contributed by atoms with Gasteiger partial charge in [-0.3, -0.25) is 4.79 Å². The van der Waals surface area contributed by atoms with E-state index in [0.29, 0.717) is 0 Å². The number of nitrogens with zero attached hydrogens (tertiary/aromatic N) is 1. The molecule has 1 aliphatic carbocycles. The monoisotopic (exact) mass is 349 g/mol. The molecular weight excluding hydrogens is 345 g/mol. The molecule has 0 bridgehead atoms. The zero-order valence-corrected chi connectivity index (χ0v) is 12.8. The molecule has 0 saturated carbocycles. The molecule has 0 amide bonds. The summed E-state index contributed by atoms with van der Waals surface area (Å²) in [6, 6.07) is 4.03. The third-order valence-corrected chi connectivity index (χ3v) is 4.63. The second-order valence-corrected chi connectivity index (χ2v) is 6.58. The van der Waals surface area contributed by atoms with Gasteiger partial charge in [-0.2, -0.15) is 12.8 Å². The van der Waals surface area contributed by atoms with Gasteiger partial charge in [0.25, 0.3) is 10.0 Å². The number of allylic oxidation sites excluding steroid dienone is 4. The number of halogens is 3. The van der Waals surface area contributed by atoms with E-state index >= 15 is 0 Å². The van der Waals surface area contributed by atoms with Crippen molar-refractivity contribution in [2.24, 2.45) is 4.40 Å². The van der Waals surface area contributed by atoms with Gasteiger partial charge in [0, 0.05) is 5.02 Å². The van der Waals surface area contributed by atoms with Crippen LogP contribution in [0.3, 0.4) is 0 Å². The van der Waals surface area contributed by atoms with Crippen LogP contribution in [0, 0.1) is 0 Å². The Balaban J connectivity index is 2.50. The fraction of sp³-hybridized carbons (Fsp3) is 0. The Bertz CT molecular complexity index is 779. The van der Waals surface area contributed by atoms with Crippen LogP contribution in [0.1, 0.15) is 0 Å². The minimum absolute atomic E-state index is 0.00434. The molecule has 4 nitrogen and oxygen atoms in total. The lowest BCUT2D eigenvalue weighted by Crippen LogP contribution is -2.07. The van der Waals surface area contributed by atoms with Crippen LogP contribution in [-0.4, -0.2) is 19.9 Å². The predicted octanol–water partition coefficient (Wildman–Crippen LogP) is 3.38. The number of benzene rings is 1. The molecule has 1 aromatic rings. The van der Waals surface area contributed by atoms with Gasteiger partial charge in [0.1, 0.15) is 4.90 Å². The molecule has 0 fully saturated rings. The molecule has 0 atom stereocenters. The lowest BCUT2D eigenvalue weighted by atomic mass is 10.2. The highest BCUT2D eigenvalue weighted by Crippen LogP contribution is 2.27. The normalized spacial score (nSPS) is 17.4. The summed E-state index contributed by atoms with van der Waals surface area (Å²) in [5, 5.41) is 0.111. The minimum Gasteiger partial charge on any atom is -0.288 e. The number of rotatable bonds is 2. The largest absolute Gasteiger partial charge is 0.288 e. The maximum atomic E-state index is 12.1. The Morgan fingerprint density at radius 1 is 1.05 bits per heavy atom. The van der Waals surface area contributed by atoms with Crippen molar-refractivity contribution in [3.63, 3.8) is 0 Å². The van der Waals surface area contributed by atoms with E-state index < -0.39 is 15.8 Å². The Kier molecular flexibility index (Phi) is 4.34. The Labute approximate surface area is 130 Å². The van der Waals surface area contributed by atoms with Crippen LogP contribution in [0.25, 0.3) is 0 Å². The molecular formula is C12H6Cl3NO3S. The van der Waals surface area contributed by atoms with E-state index in [0.717, 1.165) is 6.08 Å². The first-order chi connectivity index (χ1) is 9.29. The second-order valence-electron chi connectivity index (χ2n) is 3.76. The topological polar surface area (TPSA) is 63.6 Å².